The second-order valence-corrected chi connectivity index (χ2v) is 9.30. The van der Waals surface area contributed by atoms with E-state index in [1.165, 1.54) is 12.2 Å². The Morgan fingerprint density at radius 3 is 2.46 bits per heavy atom. The Labute approximate surface area is 203 Å². The number of esters is 1. The summed E-state index contributed by atoms with van der Waals surface area (Å²) in [6.07, 6.45) is 4.73. The first-order valence-electron chi connectivity index (χ1n) is 11.3. The maximum absolute atomic E-state index is 12.8. The lowest BCUT2D eigenvalue weighted by atomic mass is 10.0. The van der Waals surface area contributed by atoms with Crippen LogP contribution in [0.2, 0.25) is 0 Å². The fraction of sp³-hybridized carbons (Fsp3) is 0.172. The van der Waals surface area contributed by atoms with Crippen molar-refractivity contribution in [1.29, 1.82) is 0 Å². The highest BCUT2D eigenvalue weighted by Gasteiger charge is 2.27. The van der Waals surface area contributed by atoms with Crippen LogP contribution in [-0.2, 0) is 14.3 Å². The van der Waals surface area contributed by atoms with Gasteiger partial charge in [-0.15, -0.1) is 0 Å². The largest absolute Gasteiger partial charge is 0.457 e. The number of rotatable bonds is 4. The number of benzene rings is 3. The minimum Gasteiger partial charge on any atom is -0.457 e. The number of anilines is 1. The SMILES string of the molecule is CC(C)(C)OC(=O)/C=C1/c2ccccc2-c2c(NC(=O)/C=C/c3ccc4c(c3)OCO4)cccc21. The molecule has 0 aromatic heterocycles. The third-order valence-electron chi connectivity index (χ3n) is 5.59. The molecule has 0 fully saturated rings. The molecule has 3 aromatic rings. The van der Waals surface area contributed by atoms with Gasteiger partial charge in [-0.2, -0.15) is 0 Å². The summed E-state index contributed by atoms with van der Waals surface area (Å²) in [5, 5.41) is 2.99. The molecular formula is C29H25NO5. The molecule has 6 heteroatoms. The molecule has 1 amide bonds. The van der Waals surface area contributed by atoms with E-state index in [-0.39, 0.29) is 12.7 Å². The van der Waals surface area contributed by atoms with Crippen molar-refractivity contribution >= 4 is 29.2 Å². The fourth-order valence-electron chi connectivity index (χ4n) is 4.22. The molecule has 35 heavy (non-hydrogen) atoms. The highest BCUT2D eigenvalue weighted by atomic mass is 16.7. The molecule has 0 saturated carbocycles. The van der Waals surface area contributed by atoms with Gasteiger partial charge in [-0.1, -0.05) is 42.5 Å². The Kier molecular flexibility index (Phi) is 5.65. The van der Waals surface area contributed by atoms with Crippen molar-refractivity contribution in [2.45, 2.75) is 26.4 Å². The maximum atomic E-state index is 12.8. The van der Waals surface area contributed by atoms with Gasteiger partial charge in [0.2, 0.25) is 12.7 Å². The van der Waals surface area contributed by atoms with E-state index < -0.39 is 11.6 Å². The van der Waals surface area contributed by atoms with E-state index in [4.69, 9.17) is 14.2 Å². The minimum absolute atomic E-state index is 0.202. The van der Waals surface area contributed by atoms with Crippen LogP contribution in [0.15, 0.2) is 72.8 Å². The summed E-state index contributed by atoms with van der Waals surface area (Å²) in [4.78, 5) is 25.4. The smallest absolute Gasteiger partial charge is 0.331 e. The Bertz CT molecular complexity index is 1390. The Hall–Kier alpha value is -4.32. The number of carbonyl (C=O) groups excluding carboxylic acids is 2. The lowest BCUT2D eigenvalue weighted by molar-refractivity contribution is -0.148. The van der Waals surface area contributed by atoms with Crippen molar-refractivity contribution in [3.63, 3.8) is 0 Å². The average molecular weight is 468 g/mol. The third-order valence-corrected chi connectivity index (χ3v) is 5.59. The molecule has 0 spiro atoms. The van der Waals surface area contributed by atoms with Gasteiger partial charge in [-0.25, -0.2) is 4.79 Å². The zero-order chi connectivity index (χ0) is 24.6. The summed E-state index contributed by atoms with van der Waals surface area (Å²) < 4.78 is 16.2. The van der Waals surface area contributed by atoms with Gasteiger partial charge < -0.3 is 19.5 Å². The first-order valence-corrected chi connectivity index (χ1v) is 11.3. The lowest BCUT2D eigenvalue weighted by Gasteiger charge is -2.18. The second kappa shape index (κ2) is 8.80. The monoisotopic (exact) mass is 467 g/mol. The van der Waals surface area contributed by atoms with Gasteiger partial charge in [0.05, 0.1) is 0 Å². The minimum atomic E-state index is -0.588. The molecule has 176 valence electrons. The standard InChI is InChI=1S/C29H25NO5/c1-29(2,3)35-27(32)16-22-19-7-4-5-8-20(19)28-21(22)9-6-10-23(28)30-26(31)14-12-18-11-13-24-25(15-18)34-17-33-24/h4-16H,17H2,1-3H3,(H,30,31)/b14-12+,22-16-. The Morgan fingerprint density at radius 2 is 1.66 bits per heavy atom. The topological polar surface area (TPSA) is 73.9 Å². The quantitative estimate of drug-likeness (QED) is 0.302. The van der Waals surface area contributed by atoms with Gasteiger partial charge in [-0.05, 0) is 72.9 Å². The first kappa shape index (κ1) is 22.5. The summed E-state index contributed by atoms with van der Waals surface area (Å²) in [5.74, 6) is 0.684. The highest BCUT2D eigenvalue weighted by Crippen LogP contribution is 2.47. The van der Waals surface area contributed by atoms with Crippen LogP contribution in [0.5, 0.6) is 11.5 Å². The van der Waals surface area contributed by atoms with Crippen LogP contribution in [0.3, 0.4) is 0 Å². The van der Waals surface area contributed by atoms with Crippen LogP contribution in [0, 0.1) is 0 Å². The van der Waals surface area contributed by atoms with Crippen molar-refractivity contribution in [3.8, 4) is 22.6 Å². The van der Waals surface area contributed by atoms with E-state index in [1.807, 2.05) is 81.4 Å². The second-order valence-electron chi connectivity index (χ2n) is 9.30. The Morgan fingerprint density at radius 1 is 0.914 bits per heavy atom. The van der Waals surface area contributed by atoms with Crippen molar-refractivity contribution < 1.29 is 23.8 Å². The lowest BCUT2D eigenvalue weighted by Crippen LogP contribution is -2.22. The van der Waals surface area contributed by atoms with Crippen molar-refractivity contribution in [3.05, 3.63) is 89.5 Å². The summed E-state index contributed by atoms with van der Waals surface area (Å²) in [6.45, 7) is 5.72. The summed E-state index contributed by atoms with van der Waals surface area (Å²) in [5.41, 5.74) is 5.31. The molecule has 6 nitrogen and oxygen atoms in total. The van der Waals surface area contributed by atoms with Crippen molar-refractivity contribution in [2.24, 2.45) is 0 Å². The Balaban J connectivity index is 1.43. The van der Waals surface area contributed by atoms with Crippen LogP contribution in [-0.4, -0.2) is 24.3 Å². The molecule has 5 rings (SSSR count). The molecule has 3 aromatic carbocycles. The van der Waals surface area contributed by atoms with Crippen LogP contribution in [0.1, 0.15) is 37.5 Å². The van der Waals surface area contributed by atoms with Crippen LogP contribution < -0.4 is 14.8 Å². The van der Waals surface area contributed by atoms with Crippen LogP contribution in [0.25, 0.3) is 22.8 Å². The molecule has 1 N–H and O–H groups in total. The molecule has 0 bridgehead atoms. The van der Waals surface area contributed by atoms with Gasteiger partial charge >= 0.3 is 5.97 Å². The van der Waals surface area contributed by atoms with Gasteiger partial charge in [0.1, 0.15) is 5.60 Å². The number of carbonyl (C=O) groups is 2. The summed E-state index contributed by atoms with van der Waals surface area (Å²) >= 11 is 0. The van der Waals surface area contributed by atoms with E-state index in [0.717, 1.165) is 33.4 Å². The summed E-state index contributed by atoms with van der Waals surface area (Å²) in [7, 11) is 0. The molecule has 1 heterocycles. The zero-order valence-electron chi connectivity index (χ0n) is 19.8. The predicted octanol–water partition coefficient (Wildman–Crippen LogP) is 5.82. The van der Waals surface area contributed by atoms with E-state index in [9.17, 15) is 9.59 Å². The van der Waals surface area contributed by atoms with Crippen molar-refractivity contribution in [2.75, 3.05) is 12.1 Å². The van der Waals surface area contributed by atoms with E-state index >= 15 is 0 Å². The number of nitrogens with one attached hydrogen (secondary N) is 1. The van der Waals surface area contributed by atoms with E-state index in [2.05, 4.69) is 5.32 Å². The van der Waals surface area contributed by atoms with Gasteiger partial charge in [-0.3, -0.25) is 4.79 Å². The van der Waals surface area contributed by atoms with Gasteiger partial charge in [0.15, 0.2) is 11.5 Å². The molecule has 1 aliphatic heterocycles. The zero-order valence-corrected chi connectivity index (χ0v) is 19.8. The number of hydrogen-bond acceptors (Lipinski definition) is 5. The third kappa shape index (κ3) is 4.68. The number of ether oxygens (including phenoxy) is 3. The van der Waals surface area contributed by atoms with E-state index in [0.29, 0.717) is 17.2 Å². The number of fused-ring (bicyclic) bond motifs is 4. The maximum Gasteiger partial charge on any atom is 0.331 e. The van der Waals surface area contributed by atoms with E-state index in [1.54, 1.807) is 6.08 Å². The molecular weight excluding hydrogens is 442 g/mol. The molecule has 1 aliphatic carbocycles. The first-order chi connectivity index (χ1) is 16.8. The molecule has 0 atom stereocenters. The molecule has 2 aliphatic rings. The van der Waals surface area contributed by atoms with Crippen LogP contribution >= 0.6 is 0 Å². The average Bonchev–Trinajstić information content (AvgIpc) is 3.40. The molecule has 0 unspecified atom stereocenters. The fourth-order valence-corrected chi connectivity index (χ4v) is 4.22. The molecule has 0 saturated heterocycles. The number of hydrogen-bond donors (Lipinski definition) is 1. The number of amides is 1. The van der Waals surface area contributed by atoms with Gasteiger partial charge in [0.25, 0.3) is 0 Å². The molecule has 0 radical (unpaired) electrons. The van der Waals surface area contributed by atoms with Crippen LogP contribution in [0.4, 0.5) is 5.69 Å². The van der Waals surface area contributed by atoms with Gasteiger partial charge in [0, 0.05) is 23.4 Å². The highest BCUT2D eigenvalue weighted by molar-refractivity contribution is 6.12. The normalized spacial score (nSPS) is 14.7. The van der Waals surface area contributed by atoms with Crippen molar-refractivity contribution in [1.82, 2.24) is 0 Å². The summed E-state index contributed by atoms with van der Waals surface area (Å²) in [6, 6.07) is 19.0. The predicted molar refractivity (Wildman–Crippen MR) is 135 cm³/mol.